The number of nitrogens with zero attached hydrogens (tertiary/aromatic N) is 2. The van der Waals surface area contributed by atoms with Crippen molar-refractivity contribution in [2.24, 2.45) is 5.16 Å². The van der Waals surface area contributed by atoms with Gasteiger partial charge in [-0.05, 0) is 45.8 Å². The molecule has 0 aliphatic rings. The van der Waals surface area contributed by atoms with E-state index in [0.29, 0.717) is 5.56 Å². The van der Waals surface area contributed by atoms with Gasteiger partial charge in [0, 0.05) is 5.56 Å². The molecule has 4 nitrogen and oxygen atoms in total. The van der Waals surface area contributed by atoms with Crippen LogP contribution in [0.15, 0.2) is 52.1 Å². The lowest BCUT2D eigenvalue weighted by Crippen LogP contribution is -1.92. The van der Waals surface area contributed by atoms with Crippen LogP contribution in [0, 0.1) is 11.3 Å². The van der Waals surface area contributed by atoms with E-state index < -0.39 is 0 Å². The Morgan fingerprint density at radius 1 is 1.29 bits per heavy atom. The fourth-order valence-electron chi connectivity index (χ4n) is 1.72. The number of hydrogen-bond donors (Lipinski definition) is 0. The van der Waals surface area contributed by atoms with Crippen LogP contribution in [-0.2, 0) is 11.4 Å². The molecule has 0 unspecified atom stereocenters. The molecule has 0 aliphatic carbocycles. The zero-order valence-electron chi connectivity index (χ0n) is 11.4. The Kier molecular flexibility index (Phi) is 5.35. The third-order valence-corrected chi connectivity index (χ3v) is 3.43. The Morgan fingerprint density at radius 2 is 2.10 bits per heavy atom. The number of rotatable bonds is 5. The zero-order valence-corrected chi connectivity index (χ0v) is 13.0. The molecule has 0 heterocycles. The van der Waals surface area contributed by atoms with Crippen molar-refractivity contribution in [3.05, 3.63) is 63.6 Å². The molecule has 21 heavy (non-hydrogen) atoms. The third kappa shape index (κ3) is 4.07. The number of halogens is 1. The van der Waals surface area contributed by atoms with Crippen LogP contribution in [0.2, 0.25) is 0 Å². The van der Waals surface area contributed by atoms with Gasteiger partial charge in [0.05, 0.1) is 29.4 Å². The maximum Gasteiger partial charge on any atom is 0.143 e. The van der Waals surface area contributed by atoms with Crippen LogP contribution < -0.4 is 4.74 Å². The van der Waals surface area contributed by atoms with Gasteiger partial charge in [0.2, 0.25) is 0 Å². The molecule has 0 fully saturated rings. The first-order chi connectivity index (χ1) is 10.2. The van der Waals surface area contributed by atoms with Crippen LogP contribution in [0.3, 0.4) is 0 Å². The van der Waals surface area contributed by atoms with E-state index in [1.807, 2.05) is 36.4 Å². The first-order valence-corrected chi connectivity index (χ1v) is 7.01. The Balaban J connectivity index is 1.97. The van der Waals surface area contributed by atoms with Gasteiger partial charge >= 0.3 is 0 Å². The maximum atomic E-state index is 8.97. The molecule has 0 saturated carbocycles. The van der Waals surface area contributed by atoms with E-state index in [-0.39, 0.29) is 6.61 Å². The van der Waals surface area contributed by atoms with Gasteiger partial charge in [0.15, 0.2) is 0 Å². The monoisotopic (exact) mass is 344 g/mol. The molecule has 0 atom stereocenters. The highest BCUT2D eigenvalue weighted by Gasteiger charge is 2.01. The van der Waals surface area contributed by atoms with Gasteiger partial charge in [-0.15, -0.1) is 0 Å². The van der Waals surface area contributed by atoms with Gasteiger partial charge < -0.3 is 9.57 Å². The molecular formula is C16H13BrN2O2. The van der Waals surface area contributed by atoms with E-state index in [2.05, 4.69) is 27.2 Å². The molecule has 106 valence electrons. The van der Waals surface area contributed by atoms with Gasteiger partial charge in [0.1, 0.15) is 12.4 Å². The molecule has 2 aromatic rings. The van der Waals surface area contributed by atoms with Gasteiger partial charge in [-0.25, -0.2) is 0 Å². The minimum Gasteiger partial charge on any atom is -0.496 e. The minimum atomic E-state index is 0.261. The van der Waals surface area contributed by atoms with Crippen LogP contribution >= 0.6 is 15.9 Å². The first kappa shape index (κ1) is 15.1. The topological polar surface area (TPSA) is 54.6 Å². The van der Waals surface area contributed by atoms with Gasteiger partial charge in [0.25, 0.3) is 0 Å². The van der Waals surface area contributed by atoms with Crippen molar-refractivity contribution < 1.29 is 9.57 Å². The molecule has 0 amide bonds. The van der Waals surface area contributed by atoms with E-state index in [9.17, 15) is 0 Å². The summed E-state index contributed by atoms with van der Waals surface area (Å²) in [7, 11) is 1.61. The number of hydrogen-bond acceptors (Lipinski definition) is 4. The van der Waals surface area contributed by atoms with E-state index in [1.54, 1.807) is 19.4 Å². The molecule has 0 aromatic heterocycles. The second kappa shape index (κ2) is 7.46. The minimum absolute atomic E-state index is 0.261. The SMILES string of the molecule is COc1ccc(/C=N\OCc2ccccc2C#N)cc1Br. The number of oxime groups is 1. The van der Waals surface area contributed by atoms with Crippen molar-refractivity contribution in [3.63, 3.8) is 0 Å². The van der Waals surface area contributed by atoms with Crippen molar-refractivity contribution in [3.8, 4) is 11.8 Å². The summed E-state index contributed by atoms with van der Waals surface area (Å²) in [5.41, 5.74) is 2.30. The molecule has 0 saturated heterocycles. The quantitative estimate of drug-likeness (QED) is 0.610. The van der Waals surface area contributed by atoms with Crippen LogP contribution in [0.4, 0.5) is 0 Å². The van der Waals surface area contributed by atoms with Crippen molar-refractivity contribution in [2.45, 2.75) is 6.61 Å². The van der Waals surface area contributed by atoms with Crippen LogP contribution in [-0.4, -0.2) is 13.3 Å². The Hall–Kier alpha value is -2.32. The lowest BCUT2D eigenvalue weighted by atomic mass is 10.1. The standard InChI is InChI=1S/C16H13BrN2O2/c1-20-16-7-6-12(8-15(16)17)10-19-21-11-14-5-3-2-4-13(14)9-18/h2-8,10H,11H2,1H3/b19-10-. The smallest absolute Gasteiger partial charge is 0.143 e. The summed E-state index contributed by atoms with van der Waals surface area (Å²) in [6.45, 7) is 0.261. The number of benzene rings is 2. The zero-order chi connectivity index (χ0) is 15.1. The summed E-state index contributed by atoms with van der Waals surface area (Å²) in [6.07, 6.45) is 1.61. The molecule has 0 bridgehead atoms. The lowest BCUT2D eigenvalue weighted by Gasteiger charge is -2.03. The van der Waals surface area contributed by atoms with E-state index in [1.165, 1.54) is 0 Å². The molecule has 0 aliphatic heterocycles. The third-order valence-electron chi connectivity index (χ3n) is 2.81. The van der Waals surface area contributed by atoms with Crippen molar-refractivity contribution in [2.75, 3.05) is 7.11 Å². The van der Waals surface area contributed by atoms with Crippen molar-refractivity contribution in [1.29, 1.82) is 5.26 Å². The summed E-state index contributed by atoms with van der Waals surface area (Å²) >= 11 is 3.41. The highest BCUT2D eigenvalue weighted by atomic mass is 79.9. The molecule has 0 spiro atoms. The second-order valence-electron chi connectivity index (χ2n) is 4.17. The fourth-order valence-corrected chi connectivity index (χ4v) is 2.28. The van der Waals surface area contributed by atoms with Crippen LogP contribution in [0.1, 0.15) is 16.7 Å². The number of nitriles is 1. The van der Waals surface area contributed by atoms with Gasteiger partial charge in [-0.3, -0.25) is 0 Å². The fraction of sp³-hybridized carbons (Fsp3) is 0.125. The molecular weight excluding hydrogens is 332 g/mol. The van der Waals surface area contributed by atoms with Gasteiger partial charge in [-0.2, -0.15) is 5.26 Å². The van der Waals surface area contributed by atoms with Crippen LogP contribution in [0.5, 0.6) is 5.75 Å². The van der Waals surface area contributed by atoms with Crippen molar-refractivity contribution in [1.82, 2.24) is 0 Å². The summed E-state index contributed by atoms with van der Waals surface area (Å²) < 4.78 is 6.01. The van der Waals surface area contributed by atoms with Crippen LogP contribution in [0.25, 0.3) is 0 Å². The summed E-state index contributed by atoms with van der Waals surface area (Å²) in [5.74, 6) is 0.760. The highest BCUT2D eigenvalue weighted by Crippen LogP contribution is 2.24. The van der Waals surface area contributed by atoms with E-state index >= 15 is 0 Å². The summed E-state index contributed by atoms with van der Waals surface area (Å²) in [5, 5.41) is 12.9. The highest BCUT2D eigenvalue weighted by molar-refractivity contribution is 9.10. The first-order valence-electron chi connectivity index (χ1n) is 6.21. The molecule has 5 heteroatoms. The molecule has 2 rings (SSSR count). The Labute approximate surface area is 131 Å². The average Bonchev–Trinajstić information content (AvgIpc) is 2.52. The largest absolute Gasteiger partial charge is 0.496 e. The molecule has 0 N–H and O–H groups in total. The van der Waals surface area contributed by atoms with Crippen molar-refractivity contribution >= 4 is 22.1 Å². The number of ether oxygens (including phenoxy) is 1. The number of methoxy groups -OCH3 is 1. The molecule has 2 aromatic carbocycles. The normalized spacial score (nSPS) is 10.3. The predicted octanol–water partition coefficient (Wildman–Crippen LogP) is 3.88. The average molecular weight is 345 g/mol. The Bertz CT molecular complexity index is 693. The van der Waals surface area contributed by atoms with E-state index in [4.69, 9.17) is 14.8 Å². The maximum absolute atomic E-state index is 8.97. The Morgan fingerprint density at radius 3 is 2.81 bits per heavy atom. The van der Waals surface area contributed by atoms with Gasteiger partial charge in [-0.1, -0.05) is 23.4 Å². The summed E-state index contributed by atoms with van der Waals surface area (Å²) in [4.78, 5) is 5.23. The van der Waals surface area contributed by atoms with E-state index in [0.717, 1.165) is 21.3 Å². The lowest BCUT2D eigenvalue weighted by molar-refractivity contribution is 0.132. The predicted molar refractivity (Wildman–Crippen MR) is 84.2 cm³/mol. The summed E-state index contributed by atoms with van der Waals surface area (Å²) in [6, 6.07) is 15.0. The second-order valence-corrected chi connectivity index (χ2v) is 5.03. The molecule has 0 radical (unpaired) electrons.